The van der Waals surface area contributed by atoms with E-state index in [4.69, 9.17) is 4.74 Å². The van der Waals surface area contributed by atoms with Gasteiger partial charge >= 0.3 is 0 Å². The number of likely N-dealkylation sites (N-methyl/N-ethyl adjacent to an activating group) is 1. The molecule has 0 aliphatic heterocycles. The van der Waals surface area contributed by atoms with Crippen molar-refractivity contribution in [2.75, 3.05) is 32.6 Å². The van der Waals surface area contributed by atoms with Crippen LogP contribution in [0.4, 0.5) is 11.4 Å². The normalized spacial score (nSPS) is 9.84. The number of hydrogen-bond donors (Lipinski definition) is 1. The second-order valence-electron chi connectivity index (χ2n) is 3.94. The number of nitrogens with one attached hydrogen (secondary N) is 1. The molecule has 1 rings (SSSR count). The number of nitro benzene ring substituents is 1. The topological polar surface area (TPSA) is 84.7 Å². The largest absolute Gasteiger partial charge is 0.496 e. The monoisotopic (exact) mass is 267 g/mol. The lowest BCUT2D eigenvalue weighted by atomic mass is 10.2. The number of ether oxygens (including phenoxy) is 1. The minimum absolute atomic E-state index is 0.0780. The molecule has 104 valence electrons. The summed E-state index contributed by atoms with van der Waals surface area (Å²) in [6.07, 6.45) is 0. The van der Waals surface area contributed by atoms with E-state index in [-0.39, 0.29) is 18.1 Å². The molecule has 0 saturated heterocycles. The van der Waals surface area contributed by atoms with E-state index in [9.17, 15) is 14.9 Å². The van der Waals surface area contributed by atoms with E-state index < -0.39 is 4.92 Å². The van der Waals surface area contributed by atoms with E-state index >= 15 is 0 Å². The van der Waals surface area contributed by atoms with Gasteiger partial charge < -0.3 is 15.0 Å². The summed E-state index contributed by atoms with van der Waals surface area (Å²) in [5.74, 6) is 0.279. The Morgan fingerprint density at radius 1 is 1.47 bits per heavy atom. The van der Waals surface area contributed by atoms with E-state index in [0.29, 0.717) is 18.0 Å². The van der Waals surface area contributed by atoms with Gasteiger partial charge in [-0.3, -0.25) is 14.9 Å². The Balaban J connectivity index is 2.80. The zero-order valence-corrected chi connectivity index (χ0v) is 11.2. The van der Waals surface area contributed by atoms with Crippen LogP contribution in [-0.2, 0) is 4.79 Å². The van der Waals surface area contributed by atoms with E-state index in [2.05, 4.69) is 5.32 Å². The van der Waals surface area contributed by atoms with Gasteiger partial charge in [0.2, 0.25) is 5.91 Å². The Labute approximate surface area is 111 Å². The summed E-state index contributed by atoms with van der Waals surface area (Å²) in [4.78, 5) is 23.4. The van der Waals surface area contributed by atoms with Gasteiger partial charge in [-0.05, 0) is 6.92 Å². The van der Waals surface area contributed by atoms with Gasteiger partial charge in [-0.15, -0.1) is 0 Å². The van der Waals surface area contributed by atoms with E-state index in [0.717, 1.165) is 0 Å². The van der Waals surface area contributed by atoms with Gasteiger partial charge in [-0.2, -0.15) is 0 Å². The van der Waals surface area contributed by atoms with Gasteiger partial charge in [-0.25, -0.2) is 0 Å². The molecule has 0 saturated carbocycles. The fraction of sp³-hybridized carbons (Fsp3) is 0.417. The number of non-ortho nitro benzene ring substituents is 1. The maximum absolute atomic E-state index is 11.6. The average molecular weight is 267 g/mol. The smallest absolute Gasteiger partial charge is 0.275 e. The summed E-state index contributed by atoms with van der Waals surface area (Å²) in [5.41, 5.74) is 0.391. The highest BCUT2D eigenvalue weighted by molar-refractivity contribution is 5.80. The van der Waals surface area contributed by atoms with Crippen LogP contribution in [0.15, 0.2) is 18.2 Å². The summed E-state index contributed by atoms with van der Waals surface area (Å²) in [5, 5.41) is 13.6. The van der Waals surface area contributed by atoms with Crippen LogP contribution in [0.5, 0.6) is 5.75 Å². The van der Waals surface area contributed by atoms with Crippen LogP contribution in [0, 0.1) is 10.1 Å². The van der Waals surface area contributed by atoms with Gasteiger partial charge in [0.15, 0.2) is 0 Å². The summed E-state index contributed by atoms with van der Waals surface area (Å²) < 4.78 is 4.98. The molecule has 0 aliphatic carbocycles. The highest BCUT2D eigenvalue weighted by Crippen LogP contribution is 2.25. The second-order valence-corrected chi connectivity index (χ2v) is 3.94. The molecular formula is C12H17N3O4. The Kier molecular flexibility index (Phi) is 5.11. The standard InChI is InChI=1S/C12H17N3O4/c1-4-14(2)12(16)8-13-9-5-10(15(17)18)7-11(6-9)19-3/h5-7,13H,4,8H2,1-3H3. The molecule has 19 heavy (non-hydrogen) atoms. The molecular weight excluding hydrogens is 250 g/mol. The average Bonchev–Trinajstić information content (AvgIpc) is 2.43. The molecule has 7 heteroatoms. The summed E-state index contributed by atoms with van der Waals surface area (Å²) in [7, 11) is 3.12. The molecule has 0 aliphatic rings. The van der Waals surface area contributed by atoms with Crippen molar-refractivity contribution >= 4 is 17.3 Å². The van der Waals surface area contributed by atoms with Crippen molar-refractivity contribution in [3.05, 3.63) is 28.3 Å². The van der Waals surface area contributed by atoms with Crippen LogP contribution in [0.1, 0.15) is 6.92 Å². The molecule has 0 atom stereocenters. The van der Waals surface area contributed by atoms with Crippen LogP contribution in [0.3, 0.4) is 0 Å². The van der Waals surface area contributed by atoms with Gasteiger partial charge in [0, 0.05) is 31.4 Å². The van der Waals surface area contributed by atoms with Crippen molar-refractivity contribution in [2.45, 2.75) is 6.92 Å². The molecule has 0 bridgehead atoms. The fourth-order valence-electron chi connectivity index (χ4n) is 1.40. The minimum Gasteiger partial charge on any atom is -0.496 e. The van der Waals surface area contributed by atoms with Crippen LogP contribution >= 0.6 is 0 Å². The van der Waals surface area contributed by atoms with Crippen molar-refractivity contribution in [1.82, 2.24) is 4.90 Å². The van der Waals surface area contributed by atoms with Crippen molar-refractivity contribution in [3.8, 4) is 5.75 Å². The molecule has 1 aromatic carbocycles. The number of hydrogen-bond acceptors (Lipinski definition) is 5. The van der Waals surface area contributed by atoms with Crippen LogP contribution in [-0.4, -0.2) is 43.0 Å². The summed E-state index contributed by atoms with van der Waals surface area (Å²) >= 11 is 0. The van der Waals surface area contributed by atoms with E-state index in [1.807, 2.05) is 6.92 Å². The van der Waals surface area contributed by atoms with Crippen LogP contribution in [0.2, 0.25) is 0 Å². The third-order valence-corrected chi connectivity index (χ3v) is 2.68. The summed E-state index contributed by atoms with van der Waals surface area (Å²) in [6.45, 7) is 2.56. The van der Waals surface area contributed by atoms with Crippen LogP contribution in [0.25, 0.3) is 0 Å². The number of rotatable bonds is 6. The first-order valence-electron chi connectivity index (χ1n) is 5.79. The Morgan fingerprint density at radius 3 is 2.68 bits per heavy atom. The van der Waals surface area contributed by atoms with Gasteiger partial charge in [0.05, 0.1) is 24.6 Å². The first kappa shape index (κ1) is 14.7. The second kappa shape index (κ2) is 6.58. The van der Waals surface area contributed by atoms with Crippen LogP contribution < -0.4 is 10.1 Å². The highest BCUT2D eigenvalue weighted by Gasteiger charge is 2.11. The first-order chi connectivity index (χ1) is 8.97. The molecule has 0 aromatic heterocycles. The molecule has 1 aromatic rings. The summed E-state index contributed by atoms with van der Waals surface area (Å²) in [6, 6.07) is 4.29. The molecule has 0 spiro atoms. The molecule has 0 radical (unpaired) electrons. The minimum atomic E-state index is -0.506. The number of anilines is 1. The van der Waals surface area contributed by atoms with Gasteiger partial charge in [0.25, 0.3) is 5.69 Å². The van der Waals surface area contributed by atoms with Crippen molar-refractivity contribution < 1.29 is 14.5 Å². The predicted octanol–water partition coefficient (Wildman–Crippen LogP) is 1.49. The number of nitrogens with zero attached hydrogens (tertiary/aromatic N) is 2. The van der Waals surface area contributed by atoms with Gasteiger partial charge in [0.1, 0.15) is 5.75 Å². The number of amides is 1. The van der Waals surface area contributed by atoms with E-state index in [1.165, 1.54) is 19.2 Å². The third kappa shape index (κ3) is 4.13. The number of carbonyl (C=O) groups is 1. The zero-order valence-electron chi connectivity index (χ0n) is 11.2. The molecule has 0 unspecified atom stereocenters. The Hall–Kier alpha value is -2.31. The number of methoxy groups -OCH3 is 1. The molecule has 7 nitrogen and oxygen atoms in total. The number of nitro groups is 1. The maximum Gasteiger partial charge on any atom is 0.275 e. The molecule has 1 N–H and O–H groups in total. The highest BCUT2D eigenvalue weighted by atomic mass is 16.6. The first-order valence-corrected chi connectivity index (χ1v) is 5.79. The Morgan fingerprint density at radius 2 is 2.16 bits per heavy atom. The number of benzene rings is 1. The Bertz CT molecular complexity index is 476. The predicted molar refractivity (Wildman–Crippen MR) is 71.4 cm³/mol. The molecule has 1 amide bonds. The fourth-order valence-corrected chi connectivity index (χ4v) is 1.40. The quantitative estimate of drug-likeness (QED) is 0.623. The maximum atomic E-state index is 11.6. The van der Waals surface area contributed by atoms with Gasteiger partial charge in [-0.1, -0.05) is 0 Å². The third-order valence-electron chi connectivity index (χ3n) is 2.68. The lowest BCUT2D eigenvalue weighted by Gasteiger charge is -2.15. The zero-order chi connectivity index (χ0) is 14.4. The number of carbonyl (C=O) groups excluding carboxylic acids is 1. The van der Waals surface area contributed by atoms with Crippen molar-refractivity contribution in [1.29, 1.82) is 0 Å². The SMILES string of the molecule is CCN(C)C(=O)CNc1cc(OC)cc([N+](=O)[O-])c1. The lowest BCUT2D eigenvalue weighted by molar-refractivity contribution is -0.384. The molecule has 0 heterocycles. The molecule has 0 fully saturated rings. The lowest BCUT2D eigenvalue weighted by Crippen LogP contribution is -2.31. The van der Waals surface area contributed by atoms with E-state index in [1.54, 1.807) is 18.0 Å². The van der Waals surface area contributed by atoms with Crippen molar-refractivity contribution in [2.24, 2.45) is 0 Å². The van der Waals surface area contributed by atoms with Crippen molar-refractivity contribution in [3.63, 3.8) is 0 Å².